The zero-order valence-electron chi connectivity index (χ0n) is 9.00. The van der Waals surface area contributed by atoms with Gasteiger partial charge in [0, 0.05) is 19.2 Å². The number of hydrogen-bond acceptors (Lipinski definition) is 3. The SMILES string of the molecule is CC(=O)c1cc(OC(C)(C)C)ccn1. The summed E-state index contributed by atoms with van der Waals surface area (Å²) in [5.41, 5.74) is 0.182. The summed E-state index contributed by atoms with van der Waals surface area (Å²) in [5, 5.41) is 0. The van der Waals surface area contributed by atoms with Gasteiger partial charge in [-0.2, -0.15) is 0 Å². The van der Waals surface area contributed by atoms with E-state index in [1.165, 1.54) is 6.92 Å². The molecular weight excluding hydrogens is 178 g/mol. The second-order valence-electron chi connectivity index (χ2n) is 4.15. The Morgan fingerprint density at radius 2 is 2.07 bits per heavy atom. The van der Waals surface area contributed by atoms with Crippen molar-refractivity contribution in [1.29, 1.82) is 0 Å². The number of nitrogens with zero attached hydrogens (tertiary/aromatic N) is 1. The Labute approximate surface area is 84.1 Å². The van der Waals surface area contributed by atoms with E-state index in [4.69, 9.17) is 4.74 Å². The standard InChI is InChI=1S/C11H15NO2/c1-8(13)10-7-9(5-6-12-10)14-11(2,3)4/h5-7H,1-4H3. The van der Waals surface area contributed by atoms with Gasteiger partial charge in [-0.05, 0) is 26.8 Å². The first kappa shape index (κ1) is 10.7. The van der Waals surface area contributed by atoms with Crippen LogP contribution in [0.2, 0.25) is 0 Å². The average molecular weight is 193 g/mol. The summed E-state index contributed by atoms with van der Waals surface area (Å²) >= 11 is 0. The Balaban J connectivity index is 2.89. The molecule has 0 unspecified atom stereocenters. The lowest BCUT2D eigenvalue weighted by Crippen LogP contribution is -2.23. The van der Waals surface area contributed by atoms with Gasteiger partial charge in [0.1, 0.15) is 17.0 Å². The molecule has 0 aliphatic rings. The summed E-state index contributed by atoms with van der Waals surface area (Å²) < 4.78 is 5.60. The van der Waals surface area contributed by atoms with Gasteiger partial charge in [0.25, 0.3) is 0 Å². The number of carbonyl (C=O) groups excluding carboxylic acids is 1. The predicted octanol–water partition coefficient (Wildman–Crippen LogP) is 2.46. The molecule has 0 aliphatic heterocycles. The van der Waals surface area contributed by atoms with E-state index in [9.17, 15) is 4.79 Å². The molecule has 14 heavy (non-hydrogen) atoms. The van der Waals surface area contributed by atoms with Crippen LogP contribution < -0.4 is 4.74 Å². The largest absolute Gasteiger partial charge is 0.488 e. The fourth-order valence-corrected chi connectivity index (χ4v) is 1.02. The molecule has 0 spiro atoms. The van der Waals surface area contributed by atoms with E-state index in [1.807, 2.05) is 20.8 Å². The van der Waals surface area contributed by atoms with Gasteiger partial charge < -0.3 is 4.74 Å². The Kier molecular flexibility index (Phi) is 2.89. The van der Waals surface area contributed by atoms with Gasteiger partial charge in [-0.15, -0.1) is 0 Å². The zero-order chi connectivity index (χ0) is 10.8. The lowest BCUT2D eigenvalue weighted by Gasteiger charge is -2.21. The van der Waals surface area contributed by atoms with E-state index in [2.05, 4.69) is 4.98 Å². The highest BCUT2D eigenvalue weighted by Crippen LogP contribution is 2.17. The topological polar surface area (TPSA) is 39.2 Å². The normalized spacial score (nSPS) is 11.1. The number of pyridine rings is 1. The second kappa shape index (κ2) is 3.78. The number of ether oxygens (including phenoxy) is 1. The van der Waals surface area contributed by atoms with Crippen LogP contribution in [0.1, 0.15) is 38.2 Å². The third kappa shape index (κ3) is 3.17. The molecule has 0 fully saturated rings. The number of hydrogen-bond donors (Lipinski definition) is 0. The third-order valence-corrected chi connectivity index (χ3v) is 1.52. The van der Waals surface area contributed by atoms with Crippen molar-refractivity contribution in [2.24, 2.45) is 0 Å². The van der Waals surface area contributed by atoms with E-state index in [-0.39, 0.29) is 11.4 Å². The molecule has 3 nitrogen and oxygen atoms in total. The lowest BCUT2D eigenvalue weighted by atomic mass is 10.2. The van der Waals surface area contributed by atoms with Crippen LogP contribution in [-0.4, -0.2) is 16.4 Å². The molecule has 1 rings (SSSR count). The lowest BCUT2D eigenvalue weighted by molar-refractivity contribution is 0.100. The van der Waals surface area contributed by atoms with Crippen LogP contribution >= 0.6 is 0 Å². The summed E-state index contributed by atoms with van der Waals surface area (Å²) in [7, 11) is 0. The molecule has 0 amide bonds. The highest BCUT2D eigenvalue weighted by molar-refractivity contribution is 5.92. The number of Topliss-reactive ketones (excluding diaryl/α,β-unsaturated/α-hetero) is 1. The van der Waals surface area contributed by atoms with E-state index < -0.39 is 0 Å². The second-order valence-corrected chi connectivity index (χ2v) is 4.15. The van der Waals surface area contributed by atoms with Gasteiger partial charge in [0.15, 0.2) is 5.78 Å². The van der Waals surface area contributed by atoms with Gasteiger partial charge in [-0.25, -0.2) is 0 Å². The van der Waals surface area contributed by atoms with Crippen molar-refractivity contribution in [2.75, 3.05) is 0 Å². The Morgan fingerprint density at radius 3 is 2.57 bits per heavy atom. The molecule has 0 saturated carbocycles. The summed E-state index contributed by atoms with van der Waals surface area (Å²) in [6, 6.07) is 3.41. The number of rotatable bonds is 2. The number of carbonyl (C=O) groups is 1. The molecule has 0 saturated heterocycles. The average Bonchev–Trinajstić information content (AvgIpc) is 2.01. The Hall–Kier alpha value is -1.38. The summed E-state index contributed by atoms with van der Waals surface area (Å²) in [6.45, 7) is 7.37. The molecule has 0 atom stereocenters. The summed E-state index contributed by atoms with van der Waals surface area (Å²) in [4.78, 5) is 15.0. The molecule has 0 radical (unpaired) electrons. The van der Waals surface area contributed by atoms with Crippen LogP contribution in [-0.2, 0) is 0 Å². The van der Waals surface area contributed by atoms with Crippen molar-refractivity contribution in [3.8, 4) is 5.75 Å². The molecule has 0 N–H and O–H groups in total. The van der Waals surface area contributed by atoms with Crippen molar-refractivity contribution in [3.63, 3.8) is 0 Å². The monoisotopic (exact) mass is 193 g/mol. The molecule has 0 aromatic carbocycles. The molecule has 0 aliphatic carbocycles. The van der Waals surface area contributed by atoms with Gasteiger partial charge in [0.2, 0.25) is 0 Å². The van der Waals surface area contributed by atoms with Crippen molar-refractivity contribution in [1.82, 2.24) is 4.98 Å². The molecule has 1 aromatic rings. The first-order valence-corrected chi connectivity index (χ1v) is 4.54. The van der Waals surface area contributed by atoms with E-state index in [0.717, 1.165) is 0 Å². The fourth-order valence-electron chi connectivity index (χ4n) is 1.02. The van der Waals surface area contributed by atoms with Crippen LogP contribution in [0.5, 0.6) is 5.75 Å². The minimum Gasteiger partial charge on any atom is -0.488 e. The molecule has 1 aromatic heterocycles. The highest BCUT2D eigenvalue weighted by atomic mass is 16.5. The molecular formula is C11H15NO2. The van der Waals surface area contributed by atoms with E-state index in [0.29, 0.717) is 11.4 Å². The Morgan fingerprint density at radius 1 is 1.43 bits per heavy atom. The molecule has 0 bridgehead atoms. The fraction of sp³-hybridized carbons (Fsp3) is 0.455. The maximum atomic E-state index is 11.0. The van der Waals surface area contributed by atoms with E-state index in [1.54, 1.807) is 18.3 Å². The van der Waals surface area contributed by atoms with Gasteiger partial charge in [-0.1, -0.05) is 0 Å². The van der Waals surface area contributed by atoms with Crippen molar-refractivity contribution in [3.05, 3.63) is 24.0 Å². The van der Waals surface area contributed by atoms with Crippen LogP contribution in [0, 0.1) is 0 Å². The molecule has 1 heterocycles. The predicted molar refractivity (Wildman–Crippen MR) is 54.6 cm³/mol. The van der Waals surface area contributed by atoms with E-state index >= 15 is 0 Å². The van der Waals surface area contributed by atoms with Crippen LogP contribution in [0.3, 0.4) is 0 Å². The zero-order valence-corrected chi connectivity index (χ0v) is 9.00. The summed E-state index contributed by atoms with van der Waals surface area (Å²) in [5.74, 6) is 0.627. The van der Waals surface area contributed by atoms with Crippen molar-refractivity contribution < 1.29 is 9.53 Å². The Bertz CT molecular complexity index is 339. The minimum absolute atomic E-state index is 0.0515. The van der Waals surface area contributed by atoms with Crippen molar-refractivity contribution >= 4 is 5.78 Å². The van der Waals surface area contributed by atoms with Crippen LogP contribution in [0.25, 0.3) is 0 Å². The number of aromatic nitrogens is 1. The first-order chi connectivity index (χ1) is 6.38. The number of ketones is 1. The molecule has 76 valence electrons. The molecule has 3 heteroatoms. The van der Waals surface area contributed by atoms with Gasteiger partial charge in [-0.3, -0.25) is 9.78 Å². The maximum Gasteiger partial charge on any atom is 0.178 e. The summed E-state index contributed by atoms with van der Waals surface area (Å²) in [6.07, 6.45) is 1.58. The first-order valence-electron chi connectivity index (χ1n) is 4.54. The maximum absolute atomic E-state index is 11.0. The van der Waals surface area contributed by atoms with Gasteiger partial charge >= 0.3 is 0 Å². The smallest absolute Gasteiger partial charge is 0.178 e. The van der Waals surface area contributed by atoms with Crippen LogP contribution in [0.15, 0.2) is 18.3 Å². The highest BCUT2D eigenvalue weighted by Gasteiger charge is 2.12. The van der Waals surface area contributed by atoms with Crippen LogP contribution in [0.4, 0.5) is 0 Å². The van der Waals surface area contributed by atoms with Crippen molar-refractivity contribution in [2.45, 2.75) is 33.3 Å². The van der Waals surface area contributed by atoms with Gasteiger partial charge in [0.05, 0.1) is 0 Å². The minimum atomic E-state index is -0.255. The third-order valence-electron chi connectivity index (χ3n) is 1.52. The quantitative estimate of drug-likeness (QED) is 0.677.